The monoisotopic (exact) mass is 255 g/mol. The molecule has 3 unspecified atom stereocenters. The summed E-state index contributed by atoms with van der Waals surface area (Å²) in [5.41, 5.74) is 0. The molecule has 17 heavy (non-hydrogen) atoms. The first-order valence-electron chi connectivity index (χ1n) is 5.52. The Hall–Kier alpha value is -1.20. The molecule has 2 aliphatic rings. The molecule has 1 aromatic heterocycles. The smallest absolute Gasteiger partial charge is 0.242 e. The number of halogens is 2. The summed E-state index contributed by atoms with van der Waals surface area (Å²) in [4.78, 5) is 15.6. The summed E-state index contributed by atoms with van der Waals surface area (Å²) in [6.07, 6.45) is 1.96. The summed E-state index contributed by atoms with van der Waals surface area (Å²) in [5.74, 6) is -0.315. The molecule has 6 heteroatoms. The molecule has 1 aliphatic heterocycles. The van der Waals surface area contributed by atoms with Crippen LogP contribution in [0.15, 0.2) is 12.1 Å². The second-order valence-electron chi connectivity index (χ2n) is 4.51. The molecule has 4 nitrogen and oxygen atoms in total. The predicted molar refractivity (Wildman–Crippen MR) is 61.3 cm³/mol. The number of aromatic nitrogens is 1. The van der Waals surface area contributed by atoms with Crippen molar-refractivity contribution in [3.05, 3.63) is 23.1 Å². The van der Waals surface area contributed by atoms with Crippen molar-refractivity contribution < 1.29 is 9.18 Å². The van der Waals surface area contributed by atoms with Gasteiger partial charge in [0.15, 0.2) is 11.6 Å². The topological polar surface area (TPSA) is 54.0 Å². The Labute approximate surface area is 103 Å². The fourth-order valence-corrected chi connectivity index (χ4v) is 2.38. The molecule has 0 spiro atoms. The van der Waals surface area contributed by atoms with Crippen molar-refractivity contribution in [3.8, 4) is 0 Å². The van der Waals surface area contributed by atoms with Crippen molar-refractivity contribution >= 4 is 23.3 Å². The Morgan fingerprint density at radius 3 is 3.06 bits per heavy atom. The fraction of sp³-hybridized carbons (Fsp3) is 0.455. The first-order valence-corrected chi connectivity index (χ1v) is 5.90. The van der Waals surface area contributed by atoms with Gasteiger partial charge in [0.2, 0.25) is 5.91 Å². The summed E-state index contributed by atoms with van der Waals surface area (Å²) in [6, 6.07) is 2.77. The molecule has 1 aromatic rings. The molecule has 2 N–H and O–H groups in total. The van der Waals surface area contributed by atoms with E-state index in [1.807, 2.05) is 0 Å². The Morgan fingerprint density at radius 2 is 2.35 bits per heavy atom. The third-order valence-electron chi connectivity index (χ3n) is 3.25. The average molecular weight is 256 g/mol. The number of rotatable bonds is 2. The highest BCUT2D eigenvalue weighted by molar-refractivity contribution is 6.29. The normalized spacial score (nSPS) is 29.9. The van der Waals surface area contributed by atoms with Crippen LogP contribution in [0.4, 0.5) is 10.2 Å². The van der Waals surface area contributed by atoms with Crippen LogP contribution in [0.1, 0.15) is 12.8 Å². The van der Waals surface area contributed by atoms with Crippen LogP contribution in [0.2, 0.25) is 5.15 Å². The van der Waals surface area contributed by atoms with Crippen molar-refractivity contribution in [3.63, 3.8) is 0 Å². The van der Waals surface area contributed by atoms with Crippen LogP contribution < -0.4 is 10.6 Å². The third-order valence-corrected chi connectivity index (χ3v) is 3.46. The summed E-state index contributed by atoms with van der Waals surface area (Å²) >= 11 is 5.65. The number of nitrogens with zero attached hydrogens (tertiary/aromatic N) is 1. The van der Waals surface area contributed by atoms with Crippen LogP contribution in [0, 0.1) is 11.7 Å². The number of piperidine rings is 1. The maximum atomic E-state index is 13.3. The molecular formula is C11H11ClFN3O. The molecule has 1 saturated carbocycles. The van der Waals surface area contributed by atoms with E-state index in [9.17, 15) is 9.18 Å². The number of nitrogens with one attached hydrogen (secondary N) is 2. The molecule has 90 valence electrons. The van der Waals surface area contributed by atoms with Gasteiger partial charge in [0.1, 0.15) is 5.15 Å². The zero-order chi connectivity index (χ0) is 12.0. The molecule has 1 saturated heterocycles. The number of hydrogen-bond acceptors (Lipinski definition) is 3. The third kappa shape index (κ3) is 2.12. The standard InChI is InChI=1S/C11H11ClFN3O/c12-9-2-1-6(13)10(15-9)16-11(17)8-4-5-3-7(5)14-8/h1-2,5,7-8,14H,3-4H2,(H,15,16,17). The van der Waals surface area contributed by atoms with Crippen molar-refractivity contribution in [2.45, 2.75) is 24.9 Å². The number of carbonyl (C=O) groups excluding carboxylic acids is 1. The van der Waals surface area contributed by atoms with Crippen LogP contribution in [-0.4, -0.2) is 23.0 Å². The first-order chi connectivity index (χ1) is 8.13. The number of fused-ring (bicyclic) bond motifs is 1. The molecule has 0 aromatic carbocycles. The lowest BCUT2D eigenvalue weighted by atomic mass is 10.2. The molecule has 3 atom stereocenters. The summed E-state index contributed by atoms with van der Waals surface area (Å²) < 4.78 is 13.3. The second-order valence-corrected chi connectivity index (χ2v) is 4.90. The fourth-order valence-electron chi connectivity index (χ4n) is 2.23. The van der Waals surface area contributed by atoms with Gasteiger partial charge in [0.25, 0.3) is 0 Å². The van der Waals surface area contributed by atoms with Crippen LogP contribution in [-0.2, 0) is 4.79 Å². The van der Waals surface area contributed by atoms with E-state index < -0.39 is 5.82 Å². The SMILES string of the molecule is O=C(Nc1nc(Cl)ccc1F)C1CC2CC2N1. The number of amides is 1. The minimum atomic E-state index is -0.578. The minimum Gasteiger partial charge on any atom is -0.307 e. The Bertz CT molecular complexity index is 472. The number of anilines is 1. The van der Waals surface area contributed by atoms with E-state index in [4.69, 9.17) is 11.6 Å². The van der Waals surface area contributed by atoms with Crippen molar-refractivity contribution in [1.29, 1.82) is 0 Å². The quantitative estimate of drug-likeness (QED) is 0.789. The zero-order valence-electron chi connectivity index (χ0n) is 8.91. The average Bonchev–Trinajstić information content (AvgIpc) is 2.91. The number of hydrogen-bond donors (Lipinski definition) is 2. The molecule has 0 bridgehead atoms. The van der Waals surface area contributed by atoms with Crippen LogP contribution in [0.25, 0.3) is 0 Å². The molecule has 2 fully saturated rings. The van der Waals surface area contributed by atoms with E-state index in [2.05, 4.69) is 15.6 Å². The lowest BCUT2D eigenvalue weighted by Gasteiger charge is -2.13. The Balaban J connectivity index is 1.69. The molecule has 1 amide bonds. The number of pyridine rings is 1. The second kappa shape index (κ2) is 3.92. The molecule has 1 aliphatic carbocycles. The van der Waals surface area contributed by atoms with Gasteiger partial charge < -0.3 is 10.6 Å². The first kappa shape index (κ1) is 10.9. The van der Waals surface area contributed by atoms with Crippen molar-refractivity contribution in [2.24, 2.45) is 5.92 Å². The Morgan fingerprint density at radius 1 is 1.53 bits per heavy atom. The van der Waals surface area contributed by atoms with Gasteiger partial charge in [-0.2, -0.15) is 0 Å². The van der Waals surface area contributed by atoms with Gasteiger partial charge in [-0.05, 0) is 30.9 Å². The highest BCUT2D eigenvalue weighted by Gasteiger charge is 2.47. The van der Waals surface area contributed by atoms with E-state index in [-0.39, 0.29) is 22.9 Å². The molecule has 2 heterocycles. The van der Waals surface area contributed by atoms with Gasteiger partial charge in [-0.3, -0.25) is 4.79 Å². The van der Waals surface area contributed by atoms with Crippen LogP contribution in [0.5, 0.6) is 0 Å². The van der Waals surface area contributed by atoms with Crippen molar-refractivity contribution in [2.75, 3.05) is 5.32 Å². The van der Waals surface area contributed by atoms with Crippen LogP contribution in [0.3, 0.4) is 0 Å². The largest absolute Gasteiger partial charge is 0.307 e. The zero-order valence-corrected chi connectivity index (χ0v) is 9.67. The molecule has 3 rings (SSSR count). The van der Waals surface area contributed by atoms with Gasteiger partial charge in [0.05, 0.1) is 6.04 Å². The van der Waals surface area contributed by atoms with E-state index in [0.717, 1.165) is 12.8 Å². The predicted octanol–water partition coefficient (Wildman–Crippen LogP) is 1.56. The lowest BCUT2D eigenvalue weighted by molar-refractivity contribution is -0.118. The Kier molecular flexibility index (Phi) is 2.52. The minimum absolute atomic E-state index is 0.107. The van der Waals surface area contributed by atoms with Gasteiger partial charge >= 0.3 is 0 Å². The van der Waals surface area contributed by atoms with Crippen LogP contribution >= 0.6 is 11.6 Å². The molecule has 0 radical (unpaired) electrons. The summed E-state index contributed by atoms with van der Waals surface area (Å²) in [7, 11) is 0. The van der Waals surface area contributed by atoms with E-state index in [1.165, 1.54) is 12.1 Å². The van der Waals surface area contributed by atoms with E-state index >= 15 is 0 Å². The van der Waals surface area contributed by atoms with Gasteiger partial charge in [-0.1, -0.05) is 11.6 Å². The highest BCUT2D eigenvalue weighted by Crippen LogP contribution is 2.40. The molecular weight excluding hydrogens is 245 g/mol. The van der Waals surface area contributed by atoms with E-state index in [0.29, 0.717) is 12.0 Å². The maximum absolute atomic E-state index is 13.3. The highest BCUT2D eigenvalue weighted by atomic mass is 35.5. The number of carbonyl (C=O) groups is 1. The van der Waals surface area contributed by atoms with E-state index in [1.54, 1.807) is 0 Å². The van der Waals surface area contributed by atoms with Gasteiger partial charge in [-0.15, -0.1) is 0 Å². The summed E-state index contributed by atoms with van der Waals surface area (Å²) in [6.45, 7) is 0. The summed E-state index contributed by atoms with van der Waals surface area (Å²) in [5, 5.41) is 5.81. The lowest BCUT2D eigenvalue weighted by Crippen LogP contribution is -2.38. The van der Waals surface area contributed by atoms with Gasteiger partial charge in [0, 0.05) is 6.04 Å². The van der Waals surface area contributed by atoms with Crippen molar-refractivity contribution in [1.82, 2.24) is 10.3 Å². The maximum Gasteiger partial charge on any atom is 0.242 e. The van der Waals surface area contributed by atoms with Gasteiger partial charge in [-0.25, -0.2) is 9.37 Å².